The first-order valence-electron chi connectivity index (χ1n) is 5.52. The summed E-state index contributed by atoms with van der Waals surface area (Å²) < 4.78 is 0. The van der Waals surface area contributed by atoms with E-state index in [1.165, 1.54) is 5.06 Å². The molecule has 1 aromatic heterocycles. The lowest BCUT2D eigenvalue weighted by molar-refractivity contribution is -0.116. The molecule has 0 unspecified atom stereocenters. The van der Waals surface area contributed by atoms with Gasteiger partial charge in [0.25, 0.3) is 5.91 Å². The van der Waals surface area contributed by atoms with Crippen LogP contribution in [0.25, 0.3) is 0 Å². The minimum atomic E-state index is -0.200. The molecule has 0 atom stereocenters. The second kappa shape index (κ2) is 5.03. The Kier molecular flexibility index (Phi) is 3.46. The van der Waals surface area contributed by atoms with Gasteiger partial charge in [0.15, 0.2) is 5.69 Å². The Bertz CT molecular complexity index is 356. The largest absolute Gasteiger partial charge is 0.297 e. The number of nitrogens with zero attached hydrogens (tertiary/aromatic N) is 3. The predicted octanol–water partition coefficient (Wildman–Crippen LogP) is 1.34. The van der Waals surface area contributed by atoms with E-state index in [4.69, 9.17) is 4.84 Å². The standard InChI is InChI=1S/C11H15N3O2/c1-9-5-6-10(13-12-9)11(15)14-7-3-2-4-8-16-14/h5-6H,2-4,7-8H2,1H3. The van der Waals surface area contributed by atoms with Crippen molar-refractivity contribution in [3.05, 3.63) is 23.5 Å². The van der Waals surface area contributed by atoms with Crippen LogP contribution < -0.4 is 0 Å². The lowest BCUT2D eigenvalue weighted by Crippen LogP contribution is -2.32. The Balaban J connectivity index is 2.08. The van der Waals surface area contributed by atoms with Crippen LogP contribution in [-0.4, -0.2) is 34.3 Å². The Morgan fingerprint density at radius 1 is 1.31 bits per heavy atom. The second-order valence-corrected chi connectivity index (χ2v) is 3.86. The van der Waals surface area contributed by atoms with Crippen molar-refractivity contribution in [3.63, 3.8) is 0 Å². The molecule has 1 fully saturated rings. The van der Waals surface area contributed by atoms with Crippen LogP contribution in [0.4, 0.5) is 0 Å². The molecule has 1 aliphatic rings. The molecular weight excluding hydrogens is 206 g/mol. The maximum atomic E-state index is 12.0. The highest BCUT2D eigenvalue weighted by Crippen LogP contribution is 2.10. The fraction of sp³-hybridized carbons (Fsp3) is 0.545. The molecule has 0 radical (unpaired) electrons. The Morgan fingerprint density at radius 2 is 2.19 bits per heavy atom. The fourth-order valence-corrected chi connectivity index (χ4v) is 1.57. The van der Waals surface area contributed by atoms with Crippen LogP contribution in [0.3, 0.4) is 0 Å². The van der Waals surface area contributed by atoms with Gasteiger partial charge in [-0.2, -0.15) is 5.10 Å². The first-order valence-corrected chi connectivity index (χ1v) is 5.52. The van der Waals surface area contributed by atoms with Crippen molar-refractivity contribution in [3.8, 4) is 0 Å². The van der Waals surface area contributed by atoms with Gasteiger partial charge < -0.3 is 0 Å². The highest BCUT2D eigenvalue weighted by Gasteiger charge is 2.19. The first-order chi connectivity index (χ1) is 7.77. The van der Waals surface area contributed by atoms with Crippen molar-refractivity contribution in [2.75, 3.05) is 13.2 Å². The molecule has 1 amide bonds. The monoisotopic (exact) mass is 221 g/mol. The zero-order valence-electron chi connectivity index (χ0n) is 9.35. The van der Waals surface area contributed by atoms with Crippen LogP contribution >= 0.6 is 0 Å². The van der Waals surface area contributed by atoms with Crippen molar-refractivity contribution in [1.29, 1.82) is 0 Å². The summed E-state index contributed by atoms with van der Waals surface area (Å²) in [5, 5.41) is 9.12. The Morgan fingerprint density at radius 3 is 2.94 bits per heavy atom. The van der Waals surface area contributed by atoms with Gasteiger partial charge in [0.05, 0.1) is 12.3 Å². The average molecular weight is 221 g/mol. The van der Waals surface area contributed by atoms with E-state index in [2.05, 4.69) is 10.2 Å². The molecule has 0 N–H and O–H groups in total. The number of hydroxylamine groups is 2. The van der Waals surface area contributed by atoms with Crippen LogP contribution in [0.15, 0.2) is 12.1 Å². The van der Waals surface area contributed by atoms with Crippen molar-refractivity contribution in [2.45, 2.75) is 26.2 Å². The van der Waals surface area contributed by atoms with E-state index < -0.39 is 0 Å². The number of amides is 1. The van der Waals surface area contributed by atoms with Gasteiger partial charge in [0.1, 0.15) is 0 Å². The molecule has 0 aliphatic carbocycles. The van der Waals surface area contributed by atoms with Gasteiger partial charge in [0.2, 0.25) is 0 Å². The van der Waals surface area contributed by atoms with Crippen LogP contribution in [0.1, 0.15) is 35.4 Å². The topological polar surface area (TPSA) is 55.3 Å². The normalized spacial score (nSPS) is 16.9. The summed E-state index contributed by atoms with van der Waals surface area (Å²) >= 11 is 0. The van der Waals surface area contributed by atoms with Gasteiger partial charge in [0, 0.05) is 6.54 Å². The smallest absolute Gasteiger partial charge is 0.271 e. The summed E-state index contributed by atoms with van der Waals surface area (Å²) in [4.78, 5) is 17.3. The van der Waals surface area contributed by atoms with Gasteiger partial charge in [-0.15, -0.1) is 5.10 Å². The molecule has 86 valence electrons. The molecule has 1 saturated heterocycles. The van der Waals surface area contributed by atoms with Gasteiger partial charge >= 0.3 is 0 Å². The van der Waals surface area contributed by atoms with Crippen molar-refractivity contribution < 1.29 is 9.63 Å². The molecule has 1 aliphatic heterocycles. The van der Waals surface area contributed by atoms with E-state index in [0.717, 1.165) is 25.0 Å². The number of rotatable bonds is 1. The van der Waals surface area contributed by atoms with Crippen LogP contribution in [0.5, 0.6) is 0 Å². The highest BCUT2D eigenvalue weighted by atomic mass is 16.7. The molecule has 2 heterocycles. The third kappa shape index (κ3) is 2.55. The zero-order valence-corrected chi connectivity index (χ0v) is 9.35. The van der Waals surface area contributed by atoms with Crippen molar-refractivity contribution in [1.82, 2.24) is 15.3 Å². The average Bonchev–Trinajstić information content (AvgIpc) is 2.57. The fourth-order valence-electron chi connectivity index (χ4n) is 1.57. The van der Waals surface area contributed by atoms with E-state index in [1.807, 2.05) is 6.92 Å². The number of carbonyl (C=O) groups is 1. The van der Waals surface area contributed by atoms with Crippen molar-refractivity contribution in [2.24, 2.45) is 0 Å². The van der Waals surface area contributed by atoms with Crippen LogP contribution in [0.2, 0.25) is 0 Å². The number of aryl methyl sites for hydroxylation is 1. The molecule has 5 nitrogen and oxygen atoms in total. The van der Waals surface area contributed by atoms with E-state index in [9.17, 15) is 4.79 Å². The third-order valence-corrected chi connectivity index (χ3v) is 2.50. The quantitative estimate of drug-likeness (QED) is 0.718. The molecule has 5 heteroatoms. The molecule has 2 rings (SSSR count). The van der Waals surface area contributed by atoms with E-state index in [-0.39, 0.29) is 5.91 Å². The number of hydrogen-bond acceptors (Lipinski definition) is 4. The third-order valence-electron chi connectivity index (χ3n) is 2.50. The van der Waals surface area contributed by atoms with Gasteiger partial charge in [-0.3, -0.25) is 9.63 Å². The number of hydrogen-bond donors (Lipinski definition) is 0. The predicted molar refractivity (Wildman–Crippen MR) is 57.6 cm³/mol. The second-order valence-electron chi connectivity index (χ2n) is 3.86. The lowest BCUT2D eigenvalue weighted by atomic mass is 10.2. The van der Waals surface area contributed by atoms with Gasteiger partial charge in [-0.25, -0.2) is 5.06 Å². The van der Waals surface area contributed by atoms with E-state index in [1.54, 1.807) is 12.1 Å². The highest BCUT2D eigenvalue weighted by molar-refractivity contribution is 5.91. The molecular formula is C11H15N3O2. The van der Waals surface area contributed by atoms with Crippen LogP contribution in [-0.2, 0) is 4.84 Å². The summed E-state index contributed by atoms with van der Waals surface area (Å²) in [6.45, 7) is 3.07. The first kappa shape index (κ1) is 11.0. The molecule has 0 spiro atoms. The maximum Gasteiger partial charge on any atom is 0.297 e. The Hall–Kier alpha value is -1.49. The zero-order chi connectivity index (χ0) is 11.4. The molecule has 0 bridgehead atoms. The van der Waals surface area contributed by atoms with E-state index in [0.29, 0.717) is 18.8 Å². The molecule has 0 aromatic carbocycles. The summed E-state index contributed by atoms with van der Waals surface area (Å²) in [5.41, 5.74) is 1.14. The number of aromatic nitrogens is 2. The van der Waals surface area contributed by atoms with Crippen molar-refractivity contribution >= 4 is 5.91 Å². The number of carbonyl (C=O) groups excluding carboxylic acids is 1. The molecule has 1 aromatic rings. The Labute approximate surface area is 94.4 Å². The van der Waals surface area contributed by atoms with E-state index >= 15 is 0 Å². The maximum absolute atomic E-state index is 12.0. The lowest BCUT2D eigenvalue weighted by Gasteiger charge is -2.18. The van der Waals surface area contributed by atoms with Crippen LogP contribution in [0, 0.1) is 6.92 Å². The van der Waals surface area contributed by atoms with Gasteiger partial charge in [-0.05, 0) is 38.3 Å². The minimum Gasteiger partial charge on any atom is -0.271 e. The summed E-state index contributed by atoms with van der Waals surface area (Å²) in [6.07, 6.45) is 3.08. The molecule has 16 heavy (non-hydrogen) atoms. The minimum absolute atomic E-state index is 0.200. The summed E-state index contributed by atoms with van der Waals surface area (Å²) in [5.74, 6) is -0.200. The summed E-state index contributed by atoms with van der Waals surface area (Å²) in [6, 6.07) is 3.46. The summed E-state index contributed by atoms with van der Waals surface area (Å²) in [7, 11) is 0. The van der Waals surface area contributed by atoms with Gasteiger partial charge in [-0.1, -0.05) is 0 Å². The SMILES string of the molecule is Cc1ccc(C(=O)N2CCCCCO2)nn1. The molecule has 0 saturated carbocycles.